The normalized spacial score (nSPS) is 15.3. The van der Waals surface area contributed by atoms with Gasteiger partial charge in [0.2, 0.25) is 0 Å². The predicted octanol–water partition coefficient (Wildman–Crippen LogP) is 9.03. The van der Waals surface area contributed by atoms with E-state index in [1.165, 1.54) is 14.2 Å². The molecule has 272 valence electrons. The number of nitrogens with zero attached hydrogens (tertiary/aromatic N) is 5. The number of rotatable bonds is 9. The summed E-state index contributed by atoms with van der Waals surface area (Å²) in [6.45, 7) is 0. The third-order valence-corrected chi connectivity index (χ3v) is 10.5. The lowest BCUT2D eigenvalue weighted by Crippen LogP contribution is -2.24. The number of hydrogen-bond acceptors (Lipinski definition) is 8. The van der Waals surface area contributed by atoms with Crippen LogP contribution in [0.25, 0.3) is 45.0 Å². The van der Waals surface area contributed by atoms with Crippen molar-refractivity contribution in [3.05, 3.63) is 125 Å². The molecule has 0 radical (unpaired) electrons. The van der Waals surface area contributed by atoms with Crippen LogP contribution < -0.4 is 4.74 Å². The van der Waals surface area contributed by atoms with E-state index >= 15 is 0 Å². The Labute approximate surface area is 318 Å². The van der Waals surface area contributed by atoms with Crippen molar-refractivity contribution in [1.29, 1.82) is 5.26 Å². The molecule has 2 aromatic heterocycles. The highest BCUT2D eigenvalue weighted by Gasteiger charge is 2.27. The van der Waals surface area contributed by atoms with Crippen LogP contribution in [-0.2, 0) is 23.6 Å². The summed E-state index contributed by atoms with van der Waals surface area (Å²) in [4.78, 5) is 34.2. The second kappa shape index (κ2) is 15.4. The van der Waals surface area contributed by atoms with Crippen molar-refractivity contribution in [2.75, 3.05) is 14.2 Å². The molecule has 2 heterocycles. The fraction of sp³-hybridized carbons (Fsp3) is 0.233. The molecule has 0 amide bonds. The zero-order valence-electron chi connectivity index (χ0n) is 30.4. The Morgan fingerprint density at radius 1 is 0.704 bits per heavy atom. The topological polar surface area (TPSA) is 121 Å². The van der Waals surface area contributed by atoms with E-state index < -0.39 is 11.9 Å². The summed E-state index contributed by atoms with van der Waals surface area (Å²) in [7, 11) is 6.54. The van der Waals surface area contributed by atoms with E-state index in [1.54, 1.807) is 36.5 Å². The van der Waals surface area contributed by atoms with Gasteiger partial charge in [0.1, 0.15) is 23.5 Å². The van der Waals surface area contributed by atoms with Crippen molar-refractivity contribution in [3.63, 3.8) is 0 Å². The van der Waals surface area contributed by atoms with Crippen molar-refractivity contribution in [2.45, 2.75) is 37.7 Å². The number of ether oxygens (including phenoxy) is 3. The van der Waals surface area contributed by atoms with E-state index in [1.807, 2.05) is 23.9 Å². The van der Waals surface area contributed by atoms with E-state index in [0.717, 1.165) is 65.1 Å². The maximum atomic E-state index is 12.5. The van der Waals surface area contributed by atoms with Crippen LogP contribution in [-0.4, -0.2) is 51.4 Å². The number of halogens is 1. The molecule has 1 saturated carbocycles. The van der Waals surface area contributed by atoms with Gasteiger partial charge in [0.05, 0.1) is 65.8 Å². The molecule has 0 atom stereocenters. The van der Waals surface area contributed by atoms with E-state index in [9.17, 15) is 9.59 Å². The SMILES string of the molecule is COC(=O)c1ccc(-c2ncc(-c3ccc(-c4ccc(-c5cnc(C6CCC(Oc7ccc(C#N)c(Cl)c7)CC6)n5C)cc4)cc3)n2C)cc1C(=O)OC. The zero-order chi connectivity index (χ0) is 37.9. The monoisotopic (exact) mass is 739 g/mol. The van der Waals surface area contributed by atoms with Gasteiger partial charge in [-0.2, -0.15) is 5.26 Å². The van der Waals surface area contributed by atoms with E-state index in [-0.39, 0.29) is 17.2 Å². The summed E-state index contributed by atoms with van der Waals surface area (Å²) in [5.74, 6) is 1.53. The van der Waals surface area contributed by atoms with Crippen LogP contribution in [0, 0.1) is 11.3 Å². The minimum absolute atomic E-state index is 0.106. The van der Waals surface area contributed by atoms with Crippen LogP contribution in [0.3, 0.4) is 0 Å². The van der Waals surface area contributed by atoms with Gasteiger partial charge in [-0.05, 0) is 72.2 Å². The zero-order valence-corrected chi connectivity index (χ0v) is 31.1. The molecule has 0 saturated heterocycles. The Morgan fingerprint density at radius 3 is 1.85 bits per heavy atom. The lowest BCUT2D eigenvalue weighted by Gasteiger charge is -2.29. The smallest absolute Gasteiger partial charge is 0.338 e. The van der Waals surface area contributed by atoms with Crippen LogP contribution in [0.2, 0.25) is 5.02 Å². The molecule has 0 N–H and O–H groups in total. The van der Waals surface area contributed by atoms with Crippen molar-refractivity contribution >= 4 is 23.5 Å². The quantitative estimate of drug-likeness (QED) is 0.135. The number of aromatic nitrogens is 4. The minimum Gasteiger partial charge on any atom is -0.490 e. The van der Waals surface area contributed by atoms with Gasteiger partial charge in [-0.15, -0.1) is 0 Å². The first-order valence-electron chi connectivity index (χ1n) is 17.6. The van der Waals surface area contributed by atoms with Crippen LogP contribution in [0.4, 0.5) is 0 Å². The molecule has 54 heavy (non-hydrogen) atoms. The molecule has 1 fully saturated rings. The highest BCUT2D eigenvalue weighted by molar-refractivity contribution is 6.31. The van der Waals surface area contributed by atoms with Gasteiger partial charge in [-0.25, -0.2) is 19.6 Å². The molecule has 11 heteroatoms. The summed E-state index contributed by atoms with van der Waals surface area (Å²) >= 11 is 6.20. The average molecular weight is 740 g/mol. The van der Waals surface area contributed by atoms with E-state index in [2.05, 4.69) is 71.2 Å². The number of esters is 2. The summed E-state index contributed by atoms with van der Waals surface area (Å²) in [6, 6.07) is 29.1. The van der Waals surface area contributed by atoms with Crippen molar-refractivity contribution in [3.8, 4) is 56.8 Å². The third kappa shape index (κ3) is 7.10. The van der Waals surface area contributed by atoms with Crippen LogP contribution in [0.15, 0.2) is 97.3 Å². The molecule has 10 nitrogen and oxygen atoms in total. The van der Waals surface area contributed by atoms with Gasteiger partial charge in [-0.3, -0.25) is 0 Å². The summed E-state index contributed by atoms with van der Waals surface area (Å²) < 4.78 is 20.1. The van der Waals surface area contributed by atoms with Gasteiger partial charge in [0, 0.05) is 31.6 Å². The Morgan fingerprint density at radius 2 is 1.26 bits per heavy atom. The molecule has 4 aromatic carbocycles. The number of benzene rings is 4. The van der Waals surface area contributed by atoms with Gasteiger partial charge in [-0.1, -0.05) is 66.2 Å². The third-order valence-electron chi connectivity index (χ3n) is 10.2. The number of hydrogen-bond donors (Lipinski definition) is 0. The molecule has 1 aliphatic carbocycles. The highest BCUT2D eigenvalue weighted by Crippen LogP contribution is 2.37. The number of imidazole rings is 2. The lowest BCUT2D eigenvalue weighted by atomic mass is 9.86. The van der Waals surface area contributed by atoms with E-state index in [0.29, 0.717) is 33.6 Å². The number of carbonyl (C=O) groups excluding carboxylic acids is 2. The summed E-state index contributed by atoms with van der Waals surface area (Å²) in [5.41, 5.74) is 7.59. The number of carbonyl (C=O) groups is 2. The fourth-order valence-electron chi connectivity index (χ4n) is 7.23. The van der Waals surface area contributed by atoms with Crippen LogP contribution >= 0.6 is 11.6 Å². The molecule has 1 aliphatic rings. The molecule has 0 bridgehead atoms. The first-order valence-corrected chi connectivity index (χ1v) is 18.0. The predicted molar refractivity (Wildman–Crippen MR) is 206 cm³/mol. The average Bonchev–Trinajstić information content (AvgIpc) is 3.79. The fourth-order valence-corrected chi connectivity index (χ4v) is 7.44. The molecule has 0 spiro atoms. The molecule has 6 aromatic rings. The maximum Gasteiger partial charge on any atom is 0.338 e. The Bertz CT molecular complexity index is 2380. The molecule has 0 unspecified atom stereocenters. The van der Waals surface area contributed by atoms with Crippen molar-refractivity contribution < 1.29 is 23.8 Å². The minimum atomic E-state index is -0.630. The van der Waals surface area contributed by atoms with E-state index in [4.69, 9.17) is 36.1 Å². The molecule has 7 rings (SSSR count). The van der Waals surface area contributed by atoms with Crippen molar-refractivity contribution in [1.82, 2.24) is 19.1 Å². The Balaban J connectivity index is 1.01. The molecule has 0 aliphatic heterocycles. The van der Waals surface area contributed by atoms with Gasteiger partial charge < -0.3 is 23.3 Å². The first kappa shape index (κ1) is 36.2. The Kier molecular flexibility index (Phi) is 10.3. The standard InChI is InChI=1S/C43H38ClN5O5/c1-48-38(24-46-40(48)30-13-17-33(18-14-30)54-34-19-15-32(23-45)37(44)22-34)28-9-5-26(6-10-28)27-7-11-29(12-8-27)39-25-47-41(49(39)2)31-16-20-35(42(50)52-3)36(21-31)43(51)53-4/h5-12,15-16,19-22,24-25,30,33H,13-14,17-18H2,1-4H3. The summed E-state index contributed by atoms with van der Waals surface area (Å²) in [5, 5.41) is 9.55. The van der Waals surface area contributed by atoms with Gasteiger partial charge in [0.25, 0.3) is 0 Å². The second-order valence-corrected chi connectivity index (χ2v) is 13.7. The van der Waals surface area contributed by atoms with Crippen LogP contribution in [0.1, 0.15) is 63.7 Å². The number of nitriles is 1. The maximum absolute atomic E-state index is 12.5. The highest BCUT2D eigenvalue weighted by atomic mass is 35.5. The lowest BCUT2D eigenvalue weighted by molar-refractivity contribution is 0.0555. The first-order chi connectivity index (χ1) is 26.2. The largest absolute Gasteiger partial charge is 0.490 e. The molecular formula is C43H38ClN5O5. The number of methoxy groups -OCH3 is 2. The molecular weight excluding hydrogens is 702 g/mol. The second-order valence-electron chi connectivity index (χ2n) is 13.3. The van der Waals surface area contributed by atoms with Gasteiger partial charge >= 0.3 is 11.9 Å². The van der Waals surface area contributed by atoms with Crippen molar-refractivity contribution in [2.24, 2.45) is 14.1 Å². The van der Waals surface area contributed by atoms with Gasteiger partial charge in [0.15, 0.2) is 0 Å². The summed E-state index contributed by atoms with van der Waals surface area (Å²) in [6.07, 6.45) is 7.67. The van der Waals surface area contributed by atoms with Crippen LogP contribution in [0.5, 0.6) is 5.75 Å². The Hall–Kier alpha value is -6.18.